The molecule has 2 aromatic heterocycles. The van der Waals surface area contributed by atoms with Gasteiger partial charge in [-0.15, -0.1) is 0 Å². The lowest BCUT2D eigenvalue weighted by Gasteiger charge is -2.26. The van der Waals surface area contributed by atoms with Crippen molar-refractivity contribution >= 4 is 61.6 Å². The molecule has 0 radical (unpaired) electrons. The summed E-state index contributed by atoms with van der Waals surface area (Å²) in [6, 6.07) is 89.2. The lowest BCUT2D eigenvalue weighted by atomic mass is 9.95. The van der Waals surface area contributed by atoms with Gasteiger partial charge in [-0.25, -0.2) is 14.8 Å². The van der Waals surface area contributed by atoms with Crippen LogP contribution in [0.5, 0.6) is 0 Å². The van der Waals surface area contributed by atoms with E-state index in [0.717, 1.165) is 72.7 Å². The molecule has 0 N–H and O–H groups in total. The second-order valence-corrected chi connectivity index (χ2v) is 18.3. The number of benzene rings is 10. The van der Waals surface area contributed by atoms with Crippen molar-refractivity contribution in [1.29, 1.82) is 15.8 Å². The maximum Gasteiger partial charge on any atom is 0.195 e. The number of anilines is 6. The highest BCUT2D eigenvalue weighted by atomic mass is 15.1. The summed E-state index contributed by atoms with van der Waals surface area (Å²) in [5.41, 5.74) is 15.2. The monoisotopic (exact) mass is 983 g/mol. The minimum absolute atomic E-state index is 0.334. The van der Waals surface area contributed by atoms with Crippen molar-refractivity contribution in [2.45, 2.75) is 0 Å². The maximum atomic E-state index is 10.8. The van der Waals surface area contributed by atoms with Crippen LogP contribution in [0.25, 0.3) is 77.4 Å². The number of hydrogen-bond donors (Lipinski definition) is 0. The zero-order chi connectivity index (χ0) is 52.2. The van der Waals surface area contributed by atoms with Gasteiger partial charge >= 0.3 is 0 Å². The molecule has 0 aliphatic carbocycles. The Bertz CT molecular complexity index is 4040. The number of fused-ring (bicyclic) bond motifs is 3. The van der Waals surface area contributed by atoms with Crippen LogP contribution >= 0.6 is 0 Å². The predicted molar refractivity (Wildman–Crippen MR) is 308 cm³/mol. The Hall–Kier alpha value is -11.4. The van der Waals surface area contributed by atoms with E-state index in [2.05, 4.69) is 183 Å². The number of hydrogen-bond acceptors (Lipinski definition) is 7. The molecule has 77 heavy (non-hydrogen) atoms. The van der Waals surface area contributed by atoms with Crippen LogP contribution in [-0.4, -0.2) is 14.5 Å². The van der Waals surface area contributed by atoms with Gasteiger partial charge in [0.05, 0.1) is 63.9 Å². The Morgan fingerprint density at radius 1 is 0.390 bits per heavy atom. The van der Waals surface area contributed by atoms with Gasteiger partial charge in [0.15, 0.2) is 11.5 Å². The van der Waals surface area contributed by atoms with E-state index in [1.807, 2.05) is 48.5 Å². The molecule has 0 amide bonds. The molecule has 12 rings (SSSR count). The highest BCUT2D eigenvalue weighted by Gasteiger charge is 2.22. The molecule has 0 aliphatic rings. The van der Waals surface area contributed by atoms with E-state index < -0.39 is 0 Å². The van der Waals surface area contributed by atoms with Gasteiger partial charge in [0.25, 0.3) is 0 Å². The van der Waals surface area contributed by atoms with Crippen LogP contribution in [-0.2, 0) is 0 Å². The second-order valence-electron chi connectivity index (χ2n) is 18.3. The van der Waals surface area contributed by atoms with Gasteiger partial charge in [-0.05, 0) is 163 Å². The predicted octanol–water partition coefficient (Wildman–Crippen LogP) is 17.3. The van der Waals surface area contributed by atoms with E-state index in [9.17, 15) is 15.8 Å². The summed E-state index contributed by atoms with van der Waals surface area (Å²) >= 11 is 0. The van der Waals surface area contributed by atoms with Crippen LogP contribution in [0, 0.1) is 40.6 Å². The summed E-state index contributed by atoms with van der Waals surface area (Å²) in [7, 11) is 0. The number of nitriles is 3. The van der Waals surface area contributed by atoms with Crippen molar-refractivity contribution in [2.24, 2.45) is 0 Å². The standard InChI is InChI=1S/C68H41N9/c1-72-64-41-60(65-42-63(49-26-22-46(43-69)23-27-49)73-68(74-65)50-28-24-47(44-70)25-29-50)51(45-71)38-59(64)48-30-32-56(33-31-48)77-66-36-34-57(75(52-14-6-2-7-15-52)53-16-8-3-9-17-53)39-61(66)62-40-58(35-37-67(62)77)76(54-18-10-4-11-19-54)55-20-12-5-13-21-55/h2-42H. The fourth-order valence-corrected chi connectivity index (χ4v) is 10.0. The topological polar surface area (TPSA) is 113 Å². The first-order valence-corrected chi connectivity index (χ1v) is 24.8. The van der Waals surface area contributed by atoms with Gasteiger partial charge in [0, 0.05) is 67.3 Å². The number of nitrogens with zero attached hydrogens (tertiary/aromatic N) is 9. The van der Waals surface area contributed by atoms with Gasteiger partial charge in [-0.1, -0.05) is 97.1 Å². The fourth-order valence-electron chi connectivity index (χ4n) is 10.0. The molecule has 9 nitrogen and oxygen atoms in total. The molecule has 2 heterocycles. The van der Waals surface area contributed by atoms with Crippen molar-refractivity contribution in [3.63, 3.8) is 0 Å². The minimum atomic E-state index is 0.334. The zero-order valence-corrected chi connectivity index (χ0v) is 41.2. The highest BCUT2D eigenvalue weighted by Crippen LogP contribution is 2.44. The Labute approximate surface area is 445 Å². The van der Waals surface area contributed by atoms with Crippen LogP contribution < -0.4 is 9.80 Å². The van der Waals surface area contributed by atoms with Gasteiger partial charge in [0.2, 0.25) is 0 Å². The summed E-state index contributed by atoms with van der Waals surface area (Å²) in [4.78, 5) is 18.4. The second kappa shape index (κ2) is 20.3. The van der Waals surface area contributed by atoms with E-state index in [1.165, 1.54) is 0 Å². The van der Waals surface area contributed by atoms with Gasteiger partial charge in [0.1, 0.15) is 0 Å². The molecule has 0 atom stereocenters. The molecule has 0 unspecified atom stereocenters. The summed E-state index contributed by atoms with van der Waals surface area (Å²) in [5.74, 6) is 0.381. The Morgan fingerprint density at radius 3 is 1.27 bits per heavy atom. The molecule has 10 aromatic carbocycles. The summed E-state index contributed by atoms with van der Waals surface area (Å²) in [6.45, 7) is 8.45. The molecule has 0 saturated heterocycles. The van der Waals surface area contributed by atoms with Crippen LogP contribution in [0.3, 0.4) is 0 Å². The van der Waals surface area contributed by atoms with Crippen molar-refractivity contribution in [2.75, 3.05) is 9.80 Å². The smallest absolute Gasteiger partial charge is 0.195 e. The van der Waals surface area contributed by atoms with E-state index in [4.69, 9.17) is 16.5 Å². The van der Waals surface area contributed by atoms with Crippen LogP contribution in [0.15, 0.2) is 249 Å². The molecular formula is C68H41N9. The molecule has 0 bridgehead atoms. The number of para-hydroxylation sites is 4. The Kier molecular flexibility index (Phi) is 12.3. The van der Waals surface area contributed by atoms with E-state index in [-0.39, 0.29) is 0 Å². The average molecular weight is 984 g/mol. The average Bonchev–Trinajstić information content (AvgIpc) is 3.95. The normalized spacial score (nSPS) is 10.8. The first-order chi connectivity index (χ1) is 38.0. The zero-order valence-electron chi connectivity index (χ0n) is 41.2. The lowest BCUT2D eigenvalue weighted by Crippen LogP contribution is -2.09. The van der Waals surface area contributed by atoms with Crippen LogP contribution in [0.1, 0.15) is 16.7 Å². The molecule has 0 spiro atoms. The molecule has 0 saturated carbocycles. The van der Waals surface area contributed by atoms with E-state index >= 15 is 0 Å². The Morgan fingerprint density at radius 2 is 0.831 bits per heavy atom. The van der Waals surface area contributed by atoms with Crippen LogP contribution in [0.2, 0.25) is 0 Å². The molecular weight excluding hydrogens is 943 g/mol. The summed E-state index contributed by atoms with van der Waals surface area (Å²) in [5, 5.41) is 31.9. The van der Waals surface area contributed by atoms with Crippen molar-refractivity contribution in [3.05, 3.63) is 277 Å². The molecule has 12 aromatic rings. The van der Waals surface area contributed by atoms with E-state index in [1.54, 1.807) is 54.6 Å². The third kappa shape index (κ3) is 8.92. The van der Waals surface area contributed by atoms with Crippen LogP contribution in [0.4, 0.5) is 39.8 Å². The molecule has 9 heteroatoms. The van der Waals surface area contributed by atoms with Gasteiger partial charge < -0.3 is 14.4 Å². The lowest BCUT2D eigenvalue weighted by molar-refractivity contribution is 1.18. The Balaban J connectivity index is 0.987. The summed E-state index contributed by atoms with van der Waals surface area (Å²) in [6.07, 6.45) is 0. The number of aromatic nitrogens is 3. The summed E-state index contributed by atoms with van der Waals surface area (Å²) < 4.78 is 2.29. The quantitative estimate of drug-likeness (QED) is 0.119. The molecule has 0 aliphatic heterocycles. The third-order valence-corrected chi connectivity index (χ3v) is 13.7. The molecule has 358 valence electrons. The van der Waals surface area contributed by atoms with E-state index in [0.29, 0.717) is 56.3 Å². The van der Waals surface area contributed by atoms with Crippen molar-refractivity contribution in [1.82, 2.24) is 14.5 Å². The first-order valence-electron chi connectivity index (χ1n) is 24.8. The van der Waals surface area contributed by atoms with Gasteiger partial charge in [-0.2, -0.15) is 15.8 Å². The largest absolute Gasteiger partial charge is 0.310 e. The van der Waals surface area contributed by atoms with Crippen molar-refractivity contribution < 1.29 is 0 Å². The first kappa shape index (κ1) is 46.7. The van der Waals surface area contributed by atoms with Crippen molar-refractivity contribution in [3.8, 4) is 68.9 Å². The highest BCUT2D eigenvalue weighted by molar-refractivity contribution is 6.12. The minimum Gasteiger partial charge on any atom is -0.310 e. The third-order valence-electron chi connectivity index (χ3n) is 13.7. The fraction of sp³-hybridized carbons (Fsp3) is 0. The molecule has 0 fully saturated rings. The maximum absolute atomic E-state index is 10.8. The van der Waals surface area contributed by atoms with Gasteiger partial charge in [-0.3, -0.25) is 0 Å². The number of rotatable bonds is 11. The SMILES string of the molecule is [C-]#[N+]c1cc(-c2cc(-c3ccc(C#N)cc3)nc(-c3ccc(C#N)cc3)n2)c(C#N)cc1-c1ccc(-n2c3ccc(N(c4ccccc4)c4ccccc4)cc3c3cc(N(c4ccccc4)c4ccccc4)ccc32)cc1.